The van der Waals surface area contributed by atoms with Gasteiger partial charge in [-0.3, -0.25) is 9.69 Å². The van der Waals surface area contributed by atoms with Crippen molar-refractivity contribution < 1.29 is 14.3 Å². The number of ketones is 1. The number of piperidine rings is 1. The molecule has 0 bridgehead atoms. The van der Waals surface area contributed by atoms with E-state index < -0.39 is 0 Å². The van der Waals surface area contributed by atoms with E-state index in [9.17, 15) is 4.79 Å². The lowest BCUT2D eigenvalue weighted by Gasteiger charge is -2.45. The Kier molecular flexibility index (Phi) is 4.22. The highest BCUT2D eigenvalue weighted by molar-refractivity contribution is 5.81. The van der Waals surface area contributed by atoms with E-state index in [1.54, 1.807) is 14.2 Å². The average molecular weight is 337 g/mol. The van der Waals surface area contributed by atoms with E-state index in [4.69, 9.17) is 9.47 Å². The zero-order valence-corrected chi connectivity index (χ0v) is 14.7. The Morgan fingerprint density at radius 2 is 1.64 bits per heavy atom. The average Bonchev–Trinajstić information content (AvgIpc) is 2.66. The van der Waals surface area contributed by atoms with Gasteiger partial charge in [-0.15, -0.1) is 0 Å². The molecule has 130 valence electrons. The van der Waals surface area contributed by atoms with E-state index in [0.717, 1.165) is 24.5 Å². The van der Waals surface area contributed by atoms with Gasteiger partial charge >= 0.3 is 0 Å². The maximum atomic E-state index is 12.5. The number of hydrogen-bond donors (Lipinski definition) is 0. The molecule has 2 aliphatic rings. The molecule has 2 heterocycles. The van der Waals surface area contributed by atoms with E-state index >= 15 is 0 Å². The summed E-state index contributed by atoms with van der Waals surface area (Å²) >= 11 is 0. The molecule has 0 amide bonds. The quantitative estimate of drug-likeness (QED) is 0.856. The minimum absolute atomic E-state index is 0.120. The predicted octanol–water partition coefficient (Wildman–Crippen LogP) is 3.71. The van der Waals surface area contributed by atoms with Crippen molar-refractivity contribution in [2.75, 3.05) is 20.8 Å². The van der Waals surface area contributed by atoms with Crippen LogP contribution in [0.4, 0.5) is 0 Å². The highest BCUT2D eigenvalue weighted by atomic mass is 16.5. The molecule has 1 saturated heterocycles. The Morgan fingerprint density at radius 1 is 0.960 bits per heavy atom. The highest BCUT2D eigenvalue weighted by Gasteiger charge is 2.39. The third-order valence-corrected chi connectivity index (χ3v) is 5.47. The van der Waals surface area contributed by atoms with Crippen LogP contribution in [0.25, 0.3) is 0 Å². The molecule has 0 saturated carbocycles. The Hall–Kier alpha value is -2.33. The fraction of sp³-hybridized carbons (Fsp3) is 0.381. The maximum Gasteiger partial charge on any atom is 0.161 e. The Morgan fingerprint density at radius 3 is 2.36 bits per heavy atom. The lowest BCUT2D eigenvalue weighted by atomic mass is 9.81. The van der Waals surface area contributed by atoms with Crippen LogP contribution in [-0.2, 0) is 11.2 Å². The molecule has 0 aliphatic carbocycles. The summed E-state index contributed by atoms with van der Waals surface area (Å²) in [5.41, 5.74) is 3.70. The number of carbonyl (C=O) groups is 1. The number of carbonyl (C=O) groups excluding carboxylic acids is 1. The molecular weight excluding hydrogens is 314 g/mol. The minimum atomic E-state index is 0.120. The van der Waals surface area contributed by atoms with E-state index in [1.807, 2.05) is 6.07 Å². The van der Waals surface area contributed by atoms with Gasteiger partial charge in [0.2, 0.25) is 0 Å². The summed E-state index contributed by atoms with van der Waals surface area (Å²) < 4.78 is 10.9. The Balaban J connectivity index is 1.75. The number of nitrogens with zero attached hydrogens (tertiary/aromatic N) is 1. The van der Waals surface area contributed by atoms with E-state index in [-0.39, 0.29) is 12.1 Å². The van der Waals surface area contributed by atoms with Crippen LogP contribution < -0.4 is 9.47 Å². The molecular formula is C21H23NO3. The van der Waals surface area contributed by atoms with Crippen LogP contribution in [-0.4, -0.2) is 31.4 Å². The molecule has 4 nitrogen and oxygen atoms in total. The molecule has 0 aromatic heterocycles. The van der Waals surface area contributed by atoms with Crippen LogP contribution in [0.3, 0.4) is 0 Å². The van der Waals surface area contributed by atoms with Gasteiger partial charge < -0.3 is 9.47 Å². The molecule has 1 fully saturated rings. The van der Waals surface area contributed by atoms with Crippen molar-refractivity contribution in [3.8, 4) is 11.5 Å². The zero-order chi connectivity index (χ0) is 17.4. The van der Waals surface area contributed by atoms with Crippen LogP contribution in [0, 0.1) is 0 Å². The van der Waals surface area contributed by atoms with Crippen molar-refractivity contribution in [2.45, 2.75) is 31.3 Å². The molecule has 0 radical (unpaired) electrons. The molecule has 4 heteroatoms. The number of ether oxygens (including phenoxy) is 2. The predicted molar refractivity (Wildman–Crippen MR) is 96.1 cm³/mol. The molecule has 2 aromatic carbocycles. The SMILES string of the molecule is COc1cc2c(cc1OC)[C@H]1CC(=O)C[C@H](c3ccccc3)N1CC2. The summed E-state index contributed by atoms with van der Waals surface area (Å²) in [5.74, 6) is 1.83. The molecule has 2 atom stereocenters. The molecule has 0 spiro atoms. The smallest absolute Gasteiger partial charge is 0.161 e. The maximum absolute atomic E-state index is 12.5. The fourth-order valence-corrected chi connectivity index (χ4v) is 4.26. The van der Waals surface area contributed by atoms with Crippen molar-refractivity contribution in [1.82, 2.24) is 4.90 Å². The summed E-state index contributed by atoms with van der Waals surface area (Å²) in [7, 11) is 3.32. The van der Waals surface area contributed by atoms with Gasteiger partial charge in [-0.05, 0) is 35.2 Å². The third kappa shape index (κ3) is 2.81. The largest absolute Gasteiger partial charge is 0.493 e. The van der Waals surface area contributed by atoms with Gasteiger partial charge in [-0.2, -0.15) is 0 Å². The van der Waals surface area contributed by atoms with E-state index in [2.05, 4.69) is 41.3 Å². The Labute approximate surface area is 148 Å². The highest BCUT2D eigenvalue weighted by Crippen LogP contribution is 2.46. The van der Waals surface area contributed by atoms with Crippen molar-refractivity contribution in [3.05, 3.63) is 59.2 Å². The van der Waals surface area contributed by atoms with Gasteiger partial charge in [0.05, 0.1) is 14.2 Å². The van der Waals surface area contributed by atoms with Crippen LogP contribution in [0.1, 0.15) is 41.6 Å². The van der Waals surface area contributed by atoms with Gasteiger partial charge in [-0.25, -0.2) is 0 Å². The first-order chi connectivity index (χ1) is 12.2. The third-order valence-electron chi connectivity index (χ3n) is 5.47. The summed E-state index contributed by atoms with van der Waals surface area (Å²) in [6, 6.07) is 14.8. The lowest BCUT2D eigenvalue weighted by molar-refractivity contribution is -0.126. The van der Waals surface area contributed by atoms with E-state index in [1.165, 1.54) is 16.7 Å². The molecule has 4 rings (SSSR count). The van der Waals surface area contributed by atoms with Gasteiger partial charge in [-0.1, -0.05) is 30.3 Å². The normalized spacial score (nSPS) is 22.9. The number of fused-ring (bicyclic) bond motifs is 3. The van der Waals surface area contributed by atoms with Crippen LogP contribution in [0.15, 0.2) is 42.5 Å². The molecule has 25 heavy (non-hydrogen) atoms. The van der Waals surface area contributed by atoms with Crippen molar-refractivity contribution >= 4 is 5.78 Å². The monoisotopic (exact) mass is 337 g/mol. The number of hydrogen-bond acceptors (Lipinski definition) is 4. The van der Waals surface area contributed by atoms with Gasteiger partial charge in [0.25, 0.3) is 0 Å². The standard InChI is InChI=1S/C21H23NO3/c1-24-20-10-15-8-9-22-18(14-6-4-3-5-7-14)11-16(23)12-19(22)17(15)13-21(20)25-2/h3-7,10,13,18-19H,8-9,11-12H2,1-2H3/t18-,19-/m1/s1. The summed E-state index contributed by atoms with van der Waals surface area (Å²) in [5, 5.41) is 0. The van der Waals surface area contributed by atoms with Gasteiger partial charge in [0, 0.05) is 31.5 Å². The van der Waals surface area contributed by atoms with Crippen molar-refractivity contribution in [3.63, 3.8) is 0 Å². The minimum Gasteiger partial charge on any atom is -0.493 e. The van der Waals surface area contributed by atoms with Crippen molar-refractivity contribution in [1.29, 1.82) is 0 Å². The molecule has 2 aromatic rings. The van der Waals surface area contributed by atoms with Crippen LogP contribution in [0.5, 0.6) is 11.5 Å². The molecule has 0 N–H and O–H groups in total. The summed E-state index contributed by atoms with van der Waals surface area (Å²) in [6.45, 7) is 0.958. The number of rotatable bonds is 3. The number of Topliss-reactive ketones (excluding diaryl/α,β-unsaturated/α-hetero) is 1. The Bertz CT molecular complexity index is 787. The van der Waals surface area contributed by atoms with Crippen molar-refractivity contribution in [2.24, 2.45) is 0 Å². The second kappa shape index (κ2) is 6.52. The van der Waals surface area contributed by atoms with Gasteiger partial charge in [0.15, 0.2) is 11.5 Å². The summed E-state index contributed by atoms with van der Waals surface area (Å²) in [4.78, 5) is 15.0. The topological polar surface area (TPSA) is 38.8 Å². The second-order valence-electron chi connectivity index (χ2n) is 6.78. The number of methoxy groups -OCH3 is 2. The summed E-state index contributed by atoms with van der Waals surface area (Å²) in [6.07, 6.45) is 2.14. The molecule has 0 unspecified atom stereocenters. The lowest BCUT2D eigenvalue weighted by Crippen LogP contribution is -2.43. The number of benzene rings is 2. The second-order valence-corrected chi connectivity index (χ2v) is 6.78. The van der Waals surface area contributed by atoms with Crippen LogP contribution in [0.2, 0.25) is 0 Å². The van der Waals surface area contributed by atoms with E-state index in [0.29, 0.717) is 18.6 Å². The zero-order valence-electron chi connectivity index (χ0n) is 14.7. The fourth-order valence-electron chi connectivity index (χ4n) is 4.26. The van der Waals surface area contributed by atoms with Gasteiger partial charge in [0.1, 0.15) is 5.78 Å². The first kappa shape index (κ1) is 16.2. The molecule has 2 aliphatic heterocycles. The van der Waals surface area contributed by atoms with Crippen LogP contribution >= 0.6 is 0 Å². The first-order valence-corrected chi connectivity index (χ1v) is 8.78. The first-order valence-electron chi connectivity index (χ1n) is 8.78.